The predicted octanol–water partition coefficient (Wildman–Crippen LogP) is 2.66. The largest absolute Gasteiger partial charge is 0.468 e. The van der Waals surface area contributed by atoms with Crippen LogP contribution < -0.4 is 16.0 Å². The molecular weight excluding hydrogens is 466 g/mol. The van der Waals surface area contributed by atoms with Gasteiger partial charge in [-0.15, -0.1) is 0 Å². The maximum absolute atomic E-state index is 12.8. The molecule has 0 aliphatic rings. The Morgan fingerprint density at radius 1 is 1.06 bits per heavy atom. The van der Waals surface area contributed by atoms with E-state index in [0.717, 1.165) is 0 Å². The highest BCUT2D eigenvalue weighted by Crippen LogP contribution is 2.16. The number of thioether (sulfide) groups is 1. The van der Waals surface area contributed by atoms with E-state index in [1.807, 2.05) is 6.26 Å². The standard InChI is InChI=1S/C23H26ClN3O5S/c1-32-21(29)14-25-20(28)13-15-7-9-16(10-8-15)26-23(31)19(11-12-33-2)27-22(30)17-5-3-4-6-18(17)24/h3-10,19H,11-14H2,1-2H3,(H,25,28)(H,26,31)(H,27,30). The molecule has 8 nitrogen and oxygen atoms in total. The Morgan fingerprint density at radius 2 is 1.76 bits per heavy atom. The Bertz CT molecular complexity index is 984. The number of carbonyl (C=O) groups excluding carboxylic acids is 4. The van der Waals surface area contributed by atoms with Crippen LogP contribution >= 0.6 is 23.4 Å². The molecule has 2 aromatic rings. The summed E-state index contributed by atoms with van der Waals surface area (Å²) in [6, 6.07) is 12.6. The molecule has 0 saturated heterocycles. The number of anilines is 1. The summed E-state index contributed by atoms with van der Waals surface area (Å²) in [6.45, 7) is -0.194. The van der Waals surface area contributed by atoms with E-state index in [1.54, 1.807) is 60.3 Å². The topological polar surface area (TPSA) is 114 Å². The minimum Gasteiger partial charge on any atom is -0.468 e. The first-order valence-electron chi connectivity index (χ1n) is 10.1. The molecule has 0 bridgehead atoms. The van der Waals surface area contributed by atoms with Gasteiger partial charge < -0.3 is 20.7 Å². The molecule has 176 valence electrons. The lowest BCUT2D eigenvalue weighted by Crippen LogP contribution is -2.44. The van der Waals surface area contributed by atoms with Crippen molar-refractivity contribution in [3.8, 4) is 0 Å². The second-order valence-electron chi connectivity index (χ2n) is 7.00. The smallest absolute Gasteiger partial charge is 0.325 e. The lowest BCUT2D eigenvalue weighted by Gasteiger charge is -2.19. The fourth-order valence-corrected chi connectivity index (χ4v) is 3.50. The van der Waals surface area contributed by atoms with Crippen LogP contribution in [-0.2, 0) is 25.5 Å². The Hall–Kier alpha value is -3.04. The molecule has 0 aliphatic heterocycles. The summed E-state index contributed by atoms with van der Waals surface area (Å²) in [5, 5.41) is 8.32. The van der Waals surface area contributed by atoms with Crippen LogP contribution in [0.15, 0.2) is 48.5 Å². The number of methoxy groups -OCH3 is 1. The van der Waals surface area contributed by atoms with Crippen molar-refractivity contribution in [2.24, 2.45) is 0 Å². The summed E-state index contributed by atoms with van der Waals surface area (Å²) >= 11 is 7.66. The Kier molecular flexibility index (Phi) is 10.7. The quantitative estimate of drug-likeness (QED) is 0.416. The van der Waals surface area contributed by atoms with Crippen molar-refractivity contribution in [2.45, 2.75) is 18.9 Å². The third-order valence-electron chi connectivity index (χ3n) is 4.59. The molecule has 0 radical (unpaired) electrons. The van der Waals surface area contributed by atoms with Crippen LogP contribution in [0.3, 0.4) is 0 Å². The van der Waals surface area contributed by atoms with Gasteiger partial charge in [0.25, 0.3) is 5.91 Å². The number of nitrogens with one attached hydrogen (secondary N) is 3. The van der Waals surface area contributed by atoms with E-state index in [1.165, 1.54) is 7.11 Å². The fourth-order valence-electron chi connectivity index (χ4n) is 2.81. The molecule has 1 unspecified atom stereocenters. The second kappa shape index (κ2) is 13.5. The lowest BCUT2D eigenvalue weighted by molar-refractivity contribution is -0.141. The highest BCUT2D eigenvalue weighted by Gasteiger charge is 2.22. The molecule has 2 rings (SSSR count). The van der Waals surface area contributed by atoms with E-state index in [0.29, 0.717) is 34.0 Å². The molecule has 0 fully saturated rings. The maximum Gasteiger partial charge on any atom is 0.325 e. The van der Waals surface area contributed by atoms with E-state index in [4.69, 9.17) is 11.6 Å². The highest BCUT2D eigenvalue weighted by atomic mass is 35.5. The van der Waals surface area contributed by atoms with Gasteiger partial charge in [0.1, 0.15) is 12.6 Å². The van der Waals surface area contributed by atoms with Crippen molar-refractivity contribution in [2.75, 3.05) is 31.0 Å². The number of carbonyl (C=O) groups is 4. The molecule has 3 N–H and O–H groups in total. The minimum absolute atomic E-state index is 0.0788. The van der Waals surface area contributed by atoms with Crippen molar-refractivity contribution in [3.63, 3.8) is 0 Å². The number of benzene rings is 2. The molecule has 0 aromatic heterocycles. The summed E-state index contributed by atoms with van der Waals surface area (Å²) in [5.74, 6) is -0.945. The molecule has 0 aliphatic carbocycles. The van der Waals surface area contributed by atoms with Crippen LogP contribution in [0.5, 0.6) is 0 Å². The maximum atomic E-state index is 12.8. The van der Waals surface area contributed by atoms with E-state index in [9.17, 15) is 19.2 Å². The molecule has 2 aromatic carbocycles. The van der Waals surface area contributed by atoms with Gasteiger partial charge in [-0.2, -0.15) is 11.8 Å². The molecule has 0 heterocycles. The average Bonchev–Trinajstić information content (AvgIpc) is 2.81. The zero-order chi connectivity index (χ0) is 24.2. The molecule has 3 amide bonds. The van der Waals surface area contributed by atoms with Gasteiger partial charge in [0, 0.05) is 5.69 Å². The average molecular weight is 492 g/mol. The zero-order valence-corrected chi connectivity index (χ0v) is 19.9. The summed E-state index contributed by atoms with van der Waals surface area (Å²) in [4.78, 5) is 48.4. The van der Waals surface area contributed by atoms with Crippen LogP contribution in [-0.4, -0.2) is 55.4 Å². The van der Waals surface area contributed by atoms with Gasteiger partial charge in [0.15, 0.2) is 0 Å². The van der Waals surface area contributed by atoms with Crippen LogP contribution in [0.4, 0.5) is 5.69 Å². The van der Waals surface area contributed by atoms with Crippen molar-refractivity contribution in [3.05, 3.63) is 64.7 Å². The fraction of sp³-hybridized carbons (Fsp3) is 0.304. The summed E-state index contributed by atoms with van der Waals surface area (Å²) in [7, 11) is 1.25. The third-order valence-corrected chi connectivity index (χ3v) is 5.57. The number of hydrogen-bond donors (Lipinski definition) is 3. The lowest BCUT2D eigenvalue weighted by atomic mass is 10.1. The van der Waals surface area contributed by atoms with Gasteiger partial charge >= 0.3 is 5.97 Å². The summed E-state index contributed by atoms with van der Waals surface area (Å²) in [5.41, 5.74) is 1.54. The minimum atomic E-state index is -0.745. The Labute approximate surface area is 201 Å². The van der Waals surface area contributed by atoms with E-state index >= 15 is 0 Å². The molecule has 0 saturated carbocycles. The normalized spacial score (nSPS) is 11.2. The van der Waals surface area contributed by atoms with Gasteiger partial charge in [-0.1, -0.05) is 35.9 Å². The second-order valence-corrected chi connectivity index (χ2v) is 8.40. The monoisotopic (exact) mass is 491 g/mol. The molecule has 0 spiro atoms. The summed E-state index contributed by atoms with van der Waals surface area (Å²) in [6.07, 6.45) is 2.45. The predicted molar refractivity (Wildman–Crippen MR) is 130 cm³/mol. The SMILES string of the molecule is COC(=O)CNC(=O)Cc1ccc(NC(=O)C(CCSC)NC(=O)c2ccccc2Cl)cc1. The van der Waals surface area contributed by atoms with Crippen LogP contribution in [0.1, 0.15) is 22.3 Å². The number of esters is 1. The third kappa shape index (κ3) is 8.78. The Morgan fingerprint density at radius 3 is 2.39 bits per heavy atom. The molecule has 10 heteroatoms. The first kappa shape index (κ1) is 26.2. The van der Waals surface area contributed by atoms with Crippen molar-refractivity contribution >= 4 is 52.7 Å². The van der Waals surface area contributed by atoms with E-state index in [2.05, 4.69) is 20.7 Å². The number of halogens is 1. The molecule has 33 heavy (non-hydrogen) atoms. The number of rotatable bonds is 11. The van der Waals surface area contributed by atoms with Gasteiger partial charge in [-0.25, -0.2) is 0 Å². The van der Waals surface area contributed by atoms with Gasteiger partial charge in [0.05, 0.1) is 24.1 Å². The van der Waals surface area contributed by atoms with Crippen molar-refractivity contribution in [1.29, 1.82) is 0 Å². The summed E-state index contributed by atoms with van der Waals surface area (Å²) < 4.78 is 4.47. The molecular formula is C23H26ClN3O5S. The zero-order valence-electron chi connectivity index (χ0n) is 18.4. The van der Waals surface area contributed by atoms with Crippen molar-refractivity contribution < 1.29 is 23.9 Å². The van der Waals surface area contributed by atoms with Gasteiger partial charge in [-0.05, 0) is 48.3 Å². The number of ether oxygens (including phenoxy) is 1. The Balaban J connectivity index is 1.97. The van der Waals surface area contributed by atoms with Crippen LogP contribution in [0.25, 0.3) is 0 Å². The van der Waals surface area contributed by atoms with Crippen LogP contribution in [0, 0.1) is 0 Å². The number of amides is 3. The first-order chi connectivity index (χ1) is 15.8. The van der Waals surface area contributed by atoms with Crippen LogP contribution in [0.2, 0.25) is 5.02 Å². The van der Waals surface area contributed by atoms with Crippen molar-refractivity contribution in [1.82, 2.24) is 10.6 Å². The van der Waals surface area contributed by atoms with Gasteiger partial charge in [-0.3, -0.25) is 19.2 Å². The highest BCUT2D eigenvalue weighted by molar-refractivity contribution is 7.98. The number of hydrogen-bond acceptors (Lipinski definition) is 6. The molecule has 1 atom stereocenters. The first-order valence-corrected chi connectivity index (χ1v) is 11.9. The van der Waals surface area contributed by atoms with E-state index in [-0.39, 0.29) is 24.8 Å². The van der Waals surface area contributed by atoms with E-state index < -0.39 is 17.9 Å². The van der Waals surface area contributed by atoms with Gasteiger partial charge in [0.2, 0.25) is 11.8 Å².